The molecule has 0 aliphatic carbocycles. The minimum Gasteiger partial charge on any atom is -0.465 e. The molecule has 156 valence electrons. The molecule has 1 unspecified atom stereocenters. The van der Waals surface area contributed by atoms with Crippen molar-refractivity contribution in [3.05, 3.63) is 23.7 Å². The predicted molar refractivity (Wildman–Crippen MR) is 108 cm³/mol. The number of likely N-dealkylation sites (tertiary alicyclic amines) is 3. The molecular weight excluding hydrogens is 354 g/mol. The maximum absolute atomic E-state index is 13.5. The number of carbonyl (C=O) groups is 1. The summed E-state index contributed by atoms with van der Waals surface area (Å²) in [5.74, 6) is 2.43. The summed E-state index contributed by atoms with van der Waals surface area (Å²) >= 11 is 0. The van der Waals surface area contributed by atoms with Crippen LogP contribution in [0.3, 0.4) is 0 Å². The molecule has 3 aliphatic rings. The summed E-state index contributed by atoms with van der Waals surface area (Å²) in [6.07, 6.45) is 3.21. The molecule has 0 bridgehead atoms. The molecule has 1 amide bonds. The first kappa shape index (κ1) is 19.9. The van der Waals surface area contributed by atoms with E-state index in [1.807, 2.05) is 13.0 Å². The Morgan fingerprint density at radius 3 is 2.50 bits per heavy atom. The van der Waals surface area contributed by atoms with E-state index in [1.54, 1.807) is 7.11 Å². The SMILES string of the molecule is CCN1CCC2(CN(CCOC)CC23CCN(Cc2ccc(C)o2)CC3)C1=O. The number of furan rings is 1. The number of hydrogen-bond acceptors (Lipinski definition) is 5. The molecule has 4 rings (SSSR count). The molecule has 0 saturated carbocycles. The summed E-state index contributed by atoms with van der Waals surface area (Å²) < 4.78 is 11.1. The first-order valence-electron chi connectivity index (χ1n) is 10.8. The lowest BCUT2D eigenvalue weighted by atomic mass is 9.60. The second-order valence-corrected chi connectivity index (χ2v) is 8.99. The molecule has 0 N–H and O–H groups in total. The molecule has 2 spiro atoms. The minimum absolute atomic E-state index is 0.108. The largest absolute Gasteiger partial charge is 0.465 e. The Labute approximate surface area is 168 Å². The highest BCUT2D eigenvalue weighted by Gasteiger charge is 2.64. The standard InChI is InChI=1S/C22H35N3O3/c1-4-25-12-9-22(20(25)26)17-24(13-14-27-3)16-21(22)7-10-23(11-8-21)15-19-6-5-18(2)28-19/h5-6H,4,7-17H2,1-3H3. The van der Waals surface area contributed by atoms with Gasteiger partial charge in [-0.1, -0.05) is 0 Å². The van der Waals surface area contributed by atoms with E-state index < -0.39 is 0 Å². The molecule has 3 aliphatic heterocycles. The van der Waals surface area contributed by atoms with Gasteiger partial charge in [-0.15, -0.1) is 0 Å². The lowest BCUT2D eigenvalue weighted by Crippen LogP contribution is -2.52. The topological polar surface area (TPSA) is 49.2 Å². The number of carbonyl (C=O) groups excluding carboxylic acids is 1. The van der Waals surface area contributed by atoms with E-state index in [-0.39, 0.29) is 10.8 Å². The van der Waals surface area contributed by atoms with Gasteiger partial charge in [-0.25, -0.2) is 0 Å². The van der Waals surface area contributed by atoms with Crippen LogP contribution >= 0.6 is 0 Å². The molecular formula is C22H35N3O3. The Hall–Kier alpha value is -1.37. The molecule has 3 saturated heterocycles. The second kappa shape index (κ2) is 7.81. The molecule has 28 heavy (non-hydrogen) atoms. The normalized spacial score (nSPS) is 28.2. The molecule has 1 aromatic heterocycles. The third-order valence-electron chi connectivity index (χ3n) is 7.52. The zero-order valence-electron chi connectivity index (χ0n) is 17.7. The summed E-state index contributed by atoms with van der Waals surface area (Å²) in [4.78, 5) is 20.5. The highest BCUT2D eigenvalue weighted by atomic mass is 16.5. The molecule has 3 fully saturated rings. The van der Waals surface area contributed by atoms with Crippen molar-refractivity contribution in [2.75, 3.05) is 59.5 Å². The quantitative estimate of drug-likeness (QED) is 0.748. The fraction of sp³-hybridized carbons (Fsp3) is 0.773. The Kier molecular flexibility index (Phi) is 5.55. The highest BCUT2D eigenvalue weighted by Crippen LogP contribution is 2.57. The molecule has 4 heterocycles. The number of nitrogens with zero attached hydrogens (tertiary/aromatic N) is 3. The fourth-order valence-electron chi connectivity index (χ4n) is 5.91. The Morgan fingerprint density at radius 2 is 1.89 bits per heavy atom. The predicted octanol–water partition coefficient (Wildman–Crippen LogP) is 2.37. The van der Waals surface area contributed by atoms with Gasteiger partial charge in [0.2, 0.25) is 5.91 Å². The van der Waals surface area contributed by atoms with Crippen LogP contribution in [0.4, 0.5) is 0 Å². The lowest BCUT2D eigenvalue weighted by Gasteiger charge is -2.47. The third-order valence-corrected chi connectivity index (χ3v) is 7.52. The van der Waals surface area contributed by atoms with Gasteiger partial charge in [0.1, 0.15) is 11.5 Å². The Morgan fingerprint density at radius 1 is 1.11 bits per heavy atom. The minimum atomic E-state index is -0.190. The number of amides is 1. The monoisotopic (exact) mass is 389 g/mol. The molecule has 1 atom stereocenters. The van der Waals surface area contributed by atoms with Gasteiger partial charge < -0.3 is 14.1 Å². The van der Waals surface area contributed by atoms with Crippen molar-refractivity contribution < 1.29 is 13.9 Å². The van der Waals surface area contributed by atoms with Crippen LogP contribution in [0.1, 0.15) is 37.7 Å². The first-order valence-corrected chi connectivity index (χ1v) is 10.8. The van der Waals surface area contributed by atoms with Crippen molar-refractivity contribution >= 4 is 5.91 Å². The molecule has 6 heteroatoms. The molecule has 0 aromatic carbocycles. The van der Waals surface area contributed by atoms with E-state index in [0.29, 0.717) is 5.91 Å². The van der Waals surface area contributed by atoms with Crippen molar-refractivity contribution in [1.29, 1.82) is 0 Å². The Bertz CT molecular complexity index is 695. The smallest absolute Gasteiger partial charge is 0.230 e. The van der Waals surface area contributed by atoms with Gasteiger partial charge in [0.25, 0.3) is 0 Å². The third kappa shape index (κ3) is 3.29. The summed E-state index contributed by atoms with van der Waals surface area (Å²) in [5.41, 5.74) is -0.0819. The van der Waals surface area contributed by atoms with Crippen LogP contribution in [0.2, 0.25) is 0 Å². The fourth-order valence-corrected chi connectivity index (χ4v) is 5.91. The van der Waals surface area contributed by atoms with Crippen LogP contribution < -0.4 is 0 Å². The maximum atomic E-state index is 13.5. The number of hydrogen-bond donors (Lipinski definition) is 0. The Balaban J connectivity index is 1.50. The summed E-state index contributed by atoms with van der Waals surface area (Å²) in [6.45, 7) is 12.4. The second-order valence-electron chi connectivity index (χ2n) is 8.99. The van der Waals surface area contributed by atoms with E-state index in [9.17, 15) is 4.79 Å². The van der Waals surface area contributed by atoms with Crippen molar-refractivity contribution in [3.8, 4) is 0 Å². The maximum Gasteiger partial charge on any atom is 0.230 e. The van der Waals surface area contributed by atoms with Gasteiger partial charge in [-0.05, 0) is 58.3 Å². The van der Waals surface area contributed by atoms with Crippen LogP contribution in [0.5, 0.6) is 0 Å². The lowest BCUT2D eigenvalue weighted by molar-refractivity contribution is -0.142. The summed E-state index contributed by atoms with van der Waals surface area (Å²) in [5, 5.41) is 0. The number of methoxy groups -OCH3 is 1. The van der Waals surface area contributed by atoms with Gasteiger partial charge in [-0.2, -0.15) is 0 Å². The van der Waals surface area contributed by atoms with Gasteiger partial charge >= 0.3 is 0 Å². The summed E-state index contributed by atoms with van der Waals surface area (Å²) in [7, 11) is 1.76. The van der Waals surface area contributed by atoms with Crippen LogP contribution in [0.15, 0.2) is 16.5 Å². The van der Waals surface area contributed by atoms with E-state index in [1.165, 1.54) is 0 Å². The average Bonchev–Trinajstić information content (AvgIpc) is 3.34. The highest BCUT2D eigenvalue weighted by molar-refractivity contribution is 5.86. The molecule has 6 nitrogen and oxygen atoms in total. The average molecular weight is 390 g/mol. The van der Waals surface area contributed by atoms with E-state index in [4.69, 9.17) is 9.15 Å². The zero-order valence-corrected chi connectivity index (χ0v) is 17.7. The van der Waals surface area contributed by atoms with E-state index in [0.717, 1.165) is 89.7 Å². The van der Waals surface area contributed by atoms with E-state index in [2.05, 4.69) is 27.7 Å². The van der Waals surface area contributed by atoms with Gasteiger partial charge in [0.15, 0.2) is 0 Å². The summed E-state index contributed by atoms with van der Waals surface area (Å²) in [6, 6.07) is 4.12. The van der Waals surface area contributed by atoms with Crippen LogP contribution in [-0.2, 0) is 16.1 Å². The van der Waals surface area contributed by atoms with Gasteiger partial charge in [0.05, 0.1) is 18.6 Å². The number of ether oxygens (including phenoxy) is 1. The number of aryl methyl sites for hydroxylation is 1. The van der Waals surface area contributed by atoms with Gasteiger partial charge in [0, 0.05) is 45.2 Å². The number of rotatable bonds is 6. The number of fused-ring (bicyclic) bond motifs is 1. The zero-order chi connectivity index (χ0) is 19.8. The van der Waals surface area contributed by atoms with Crippen LogP contribution in [-0.4, -0.2) is 80.1 Å². The van der Waals surface area contributed by atoms with E-state index >= 15 is 0 Å². The first-order chi connectivity index (χ1) is 13.5. The van der Waals surface area contributed by atoms with Gasteiger partial charge in [-0.3, -0.25) is 14.6 Å². The molecule has 1 aromatic rings. The van der Waals surface area contributed by atoms with Crippen molar-refractivity contribution in [2.45, 2.75) is 39.7 Å². The van der Waals surface area contributed by atoms with Crippen LogP contribution in [0.25, 0.3) is 0 Å². The van der Waals surface area contributed by atoms with Crippen molar-refractivity contribution in [1.82, 2.24) is 14.7 Å². The number of piperidine rings is 1. The van der Waals surface area contributed by atoms with Crippen LogP contribution in [0, 0.1) is 17.8 Å². The molecule has 0 radical (unpaired) electrons. The van der Waals surface area contributed by atoms with Crippen molar-refractivity contribution in [3.63, 3.8) is 0 Å². The van der Waals surface area contributed by atoms with Crippen molar-refractivity contribution in [2.24, 2.45) is 10.8 Å².